The van der Waals surface area contributed by atoms with Crippen LogP contribution in [0.5, 0.6) is 0 Å². The second-order valence-electron chi connectivity index (χ2n) is 3.64. The van der Waals surface area contributed by atoms with Gasteiger partial charge in [-0.25, -0.2) is 4.98 Å². The molecule has 0 aromatic carbocycles. The molecule has 0 radical (unpaired) electrons. The van der Waals surface area contributed by atoms with Crippen LogP contribution in [0.15, 0.2) is 29.7 Å². The van der Waals surface area contributed by atoms with E-state index in [4.69, 9.17) is 10.9 Å². The van der Waals surface area contributed by atoms with Crippen molar-refractivity contribution >= 4 is 23.3 Å². The highest BCUT2D eigenvalue weighted by atomic mass is 32.1. The molecule has 0 amide bonds. The number of pyridine rings is 1. The maximum absolute atomic E-state index is 8.11. The normalized spacial score (nSPS) is 9.37. The zero-order chi connectivity index (χ0) is 14.1. The molecule has 2 heterocycles. The van der Waals surface area contributed by atoms with E-state index in [9.17, 15) is 0 Å². The van der Waals surface area contributed by atoms with Crippen molar-refractivity contribution in [2.24, 2.45) is 5.16 Å². The first kappa shape index (κ1) is 15.0. The van der Waals surface area contributed by atoms with E-state index in [1.165, 1.54) is 11.7 Å². The van der Waals surface area contributed by atoms with Gasteiger partial charge >= 0.3 is 0 Å². The van der Waals surface area contributed by atoms with E-state index >= 15 is 0 Å². The van der Waals surface area contributed by atoms with E-state index in [0.717, 1.165) is 29.8 Å². The molecule has 2 aromatic heterocycles. The second-order valence-corrected chi connectivity index (χ2v) is 4.19. The number of rotatable bonds is 3. The van der Waals surface area contributed by atoms with Gasteiger partial charge in [-0.3, -0.25) is 0 Å². The first-order chi connectivity index (χ1) is 9.21. The van der Waals surface area contributed by atoms with Gasteiger partial charge in [0.25, 0.3) is 0 Å². The summed E-state index contributed by atoms with van der Waals surface area (Å²) >= 11 is 1.18. The minimum absolute atomic E-state index is 0.500. The zero-order valence-electron chi connectivity index (χ0n) is 10.9. The summed E-state index contributed by atoms with van der Waals surface area (Å²) in [4.78, 5) is 3.88. The molecule has 0 bridgehead atoms. The highest BCUT2D eigenvalue weighted by Gasteiger charge is 2.00. The van der Waals surface area contributed by atoms with E-state index in [0.29, 0.717) is 5.82 Å². The molecule has 3 N–H and O–H groups in total. The maximum Gasteiger partial charge on any atom is 0.123 e. The Balaban J connectivity index is 0.000000224. The molecule has 7 heteroatoms. The van der Waals surface area contributed by atoms with Gasteiger partial charge in [0.2, 0.25) is 0 Å². The molecule has 0 saturated carbocycles. The molecule has 0 saturated heterocycles. The number of nitrogens with two attached hydrogens (primary N) is 1. The van der Waals surface area contributed by atoms with Crippen LogP contribution in [0.25, 0.3) is 11.3 Å². The van der Waals surface area contributed by atoms with Crippen molar-refractivity contribution in [1.82, 2.24) is 13.7 Å². The molecule has 0 spiro atoms. The Kier molecular flexibility index (Phi) is 6.45. The third-order valence-electron chi connectivity index (χ3n) is 2.40. The van der Waals surface area contributed by atoms with Gasteiger partial charge < -0.3 is 10.9 Å². The first-order valence-corrected chi connectivity index (χ1v) is 6.63. The Morgan fingerprint density at radius 1 is 1.42 bits per heavy atom. The summed E-state index contributed by atoms with van der Waals surface area (Å²) in [7, 11) is 0. The average molecular weight is 279 g/mol. The standard InChI is InChI=1S/C7H6N4S.C5H11NO/c8-7-3-5(1-2-9-7)6-4-10-12-11-6;1-3-5(4-2)6-7/h1-4H,(H2,8,9);7H,3-4H2,1-2H3. The molecule has 6 nitrogen and oxygen atoms in total. The smallest absolute Gasteiger partial charge is 0.123 e. The third-order valence-corrected chi connectivity index (χ3v) is 2.87. The lowest BCUT2D eigenvalue weighted by atomic mass is 10.2. The molecule has 2 rings (SSSR count). The Bertz CT molecular complexity index is 507. The second kappa shape index (κ2) is 8.15. The van der Waals surface area contributed by atoms with Crippen molar-refractivity contribution in [1.29, 1.82) is 0 Å². The fourth-order valence-corrected chi connectivity index (χ4v) is 1.73. The minimum Gasteiger partial charge on any atom is -0.411 e. The van der Waals surface area contributed by atoms with Crippen LogP contribution in [0.2, 0.25) is 0 Å². The molecule has 19 heavy (non-hydrogen) atoms. The van der Waals surface area contributed by atoms with E-state index in [-0.39, 0.29) is 0 Å². The summed E-state index contributed by atoms with van der Waals surface area (Å²) in [5.74, 6) is 0.500. The van der Waals surface area contributed by atoms with Gasteiger partial charge in [0.15, 0.2) is 0 Å². The predicted molar refractivity (Wildman–Crippen MR) is 77.4 cm³/mol. The predicted octanol–water partition coefficient (Wildman–Crippen LogP) is 2.82. The van der Waals surface area contributed by atoms with Gasteiger partial charge in [0, 0.05) is 11.8 Å². The molecular weight excluding hydrogens is 262 g/mol. The fourth-order valence-electron chi connectivity index (χ4n) is 1.29. The molecule has 102 valence electrons. The lowest BCUT2D eigenvalue weighted by Crippen LogP contribution is -1.90. The van der Waals surface area contributed by atoms with Crippen molar-refractivity contribution in [3.05, 3.63) is 24.5 Å². The summed E-state index contributed by atoms with van der Waals surface area (Å²) < 4.78 is 7.97. The number of nitrogens with zero attached hydrogens (tertiary/aromatic N) is 4. The van der Waals surface area contributed by atoms with Crippen LogP contribution in [0.1, 0.15) is 26.7 Å². The lowest BCUT2D eigenvalue weighted by Gasteiger charge is -1.95. The van der Waals surface area contributed by atoms with Crippen LogP contribution in [0, 0.1) is 0 Å². The monoisotopic (exact) mass is 279 g/mol. The number of hydrogen-bond donors (Lipinski definition) is 2. The number of oxime groups is 1. The topological polar surface area (TPSA) is 97.3 Å². The molecule has 0 aliphatic heterocycles. The van der Waals surface area contributed by atoms with Crippen molar-refractivity contribution in [2.45, 2.75) is 26.7 Å². The molecule has 0 atom stereocenters. The fraction of sp³-hybridized carbons (Fsp3) is 0.333. The molecule has 2 aromatic rings. The van der Waals surface area contributed by atoms with E-state index in [1.54, 1.807) is 18.5 Å². The van der Waals surface area contributed by atoms with Gasteiger partial charge in [0.1, 0.15) is 11.5 Å². The number of nitrogen functional groups attached to an aromatic ring is 1. The summed E-state index contributed by atoms with van der Waals surface area (Å²) in [5, 5.41) is 11.2. The highest BCUT2D eigenvalue weighted by molar-refractivity contribution is 6.99. The van der Waals surface area contributed by atoms with Crippen LogP contribution in [-0.4, -0.2) is 24.6 Å². The zero-order valence-corrected chi connectivity index (χ0v) is 11.8. The highest BCUT2D eigenvalue weighted by Crippen LogP contribution is 2.17. The van der Waals surface area contributed by atoms with Crippen molar-refractivity contribution < 1.29 is 5.21 Å². The Hall–Kier alpha value is -2.02. The van der Waals surface area contributed by atoms with Gasteiger partial charge in [-0.15, -0.1) is 0 Å². The summed E-state index contributed by atoms with van der Waals surface area (Å²) in [6.07, 6.45) is 5.07. The Morgan fingerprint density at radius 3 is 2.58 bits per heavy atom. The van der Waals surface area contributed by atoms with Crippen molar-refractivity contribution in [3.63, 3.8) is 0 Å². The summed E-state index contributed by atoms with van der Waals surface area (Å²) in [6.45, 7) is 3.94. The maximum atomic E-state index is 8.11. The number of anilines is 1. The third kappa shape index (κ3) is 5.01. The van der Waals surface area contributed by atoms with E-state index < -0.39 is 0 Å². The molecule has 0 aliphatic carbocycles. The van der Waals surface area contributed by atoms with Crippen molar-refractivity contribution in [2.75, 3.05) is 5.73 Å². The van der Waals surface area contributed by atoms with Crippen LogP contribution in [0.3, 0.4) is 0 Å². The van der Waals surface area contributed by atoms with Crippen LogP contribution in [-0.2, 0) is 0 Å². The van der Waals surface area contributed by atoms with Crippen LogP contribution < -0.4 is 5.73 Å². The molecule has 0 aliphatic rings. The Morgan fingerprint density at radius 2 is 2.16 bits per heavy atom. The number of hydrogen-bond acceptors (Lipinski definition) is 7. The van der Waals surface area contributed by atoms with Crippen LogP contribution in [0.4, 0.5) is 5.82 Å². The summed E-state index contributed by atoms with van der Waals surface area (Å²) in [5.41, 5.74) is 8.17. The van der Waals surface area contributed by atoms with Crippen molar-refractivity contribution in [3.8, 4) is 11.3 Å². The number of aromatic nitrogens is 3. The summed E-state index contributed by atoms with van der Waals surface area (Å²) in [6, 6.07) is 3.63. The van der Waals surface area contributed by atoms with E-state index in [2.05, 4.69) is 18.9 Å². The minimum atomic E-state index is 0.500. The SMILES string of the molecule is CCC(CC)=NO.Nc1cc(-c2cnsn2)ccn1. The first-order valence-electron chi connectivity index (χ1n) is 5.90. The van der Waals surface area contributed by atoms with Gasteiger partial charge in [-0.2, -0.15) is 8.75 Å². The van der Waals surface area contributed by atoms with E-state index in [1.807, 2.05) is 19.9 Å². The quantitative estimate of drug-likeness (QED) is 0.511. The van der Waals surface area contributed by atoms with Crippen LogP contribution >= 0.6 is 11.7 Å². The molecular formula is C12H17N5OS. The molecule has 0 unspecified atom stereocenters. The lowest BCUT2D eigenvalue weighted by molar-refractivity contribution is 0.316. The Labute approximate surface area is 116 Å². The van der Waals surface area contributed by atoms with Gasteiger partial charge in [0.05, 0.1) is 23.6 Å². The van der Waals surface area contributed by atoms with Gasteiger partial charge in [-0.1, -0.05) is 19.0 Å². The molecule has 0 fully saturated rings. The van der Waals surface area contributed by atoms with Gasteiger partial charge in [-0.05, 0) is 25.0 Å². The average Bonchev–Trinajstić information content (AvgIpc) is 2.95. The largest absolute Gasteiger partial charge is 0.411 e.